The smallest absolute Gasteiger partial charge is 0.233 e. The van der Waals surface area contributed by atoms with Crippen molar-refractivity contribution in [3.05, 3.63) is 65.3 Å². The summed E-state index contributed by atoms with van der Waals surface area (Å²) in [6.45, 7) is 0. The summed E-state index contributed by atoms with van der Waals surface area (Å²) in [5.41, 5.74) is -2.00. The molecule has 0 saturated heterocycles. The topological polar surface area (TPSA) is 52.0 Å². The Morgan fingerprint density at radius 2 is 1.41 bits per heavy atom. The molecule has 0 bridgehead atoms. The Hall–Kier alpha value is -2.60. The zero-order valence-corrected chi connectivity index (χ0v) is 17.4. The van der Waals surface area contributed by atoms with E-state index < -0.39 is 33.6 Å². The highest BCUT2D eigenvalue weighted by atomic mass is 35.5. The number of halogens is 8. The van der Waals surface area contributed by atoms with Crippen LogP contribution in [0, 0.1) is 0 Å². The Bertz CT molecular complexity index is 1240. The fourth-order valence-corrected chi connectivity index (χ4v) is 3.49. The van der Waals surface area contributed by atoms with Crippen molar-refractivity contribution in [1.82, 2.24) is 9.78 Å². The fraction of sp³-hybridized carbons (Fsp3) is 0.211. The lowest BCUT2D eigenvalue weighted by Gasteiger charge is -2.26. The van der Waals surface area contributed by atoms with Crippen molar-refractivity contribution in [2.24, 2.45) is 0 Å². The molecule has 0 radical (unpaired) electrons. The molecule has 3 aromatic rings. The molecule has 0 fully saturated rings. The van der Waals surface area contributed by atoms with Crippen molar-refractivity contribution >= 4 is 21.4 Å². The van der Waals surface area contributed by atoms with E-state index in [4.69, 9.17) is 11.6 Å². The summed E-state index contributed by atoms with van der Waals surface area (Å²) in [7, 11) is -3.61. The summed E-state index contributed by atoms with van der Waals surface area (Å²) in [5, 5.41) is 3.58. The zero-order chi connectivity index (χ0) is 24.1. The molecule has 172 valence electrons. The summed E-state index contributed by atoms with van der Waals surface area (Å²) in [5.74, 6) is -12.1. The average molecular weight is 501 g/mol. The molecule has 32 heavy (non-hydrogen) atoms. The summed E-state index contributed by atoms with van der Waals surface area (Å²) >= 11 is 5.78. The van der Waals surface area contributed by atoms with Gasteiger partial charge in [-0.2, -0.15) is 35.8 Å². The Labute approximate surface area is 182 Å². The number of benzene rings is 2. The van der Waals surface area contributed by atoms with Crippen molar-refractivity contribution in [1.29, 1.82) is 0 Å². The molecular weight excluding hydrogens is 489 g/mol. The van der Waals surface area contributed by atoms with Crippen LogP contribution < -0.4 is 0 Å². The van der Waals surface area contributed by atoms with E-state index in [1.807, 2.05) is 0 Å². The lowest BCUT2D eigenvalue weighted by Crippen LogP contribution is -2.50. The molecule has 0 amide bonds. The number of aromatic nitrogens is 2. The number of sulfone groups is 1. The highest BCUT2D eigenvalue weighted by molar-refractivity contribution is 7.90. The van der Waals surface area contributed by atoms with Gasteiger partial charge in [-0.1, -0.05) is 23.7 Å². The van der Waals surface area contributed by atoms with Crippen LogP contribution in [-0.4, -0.2) is 36.6 Å². The summed E-state index contributed by atoms with van der Waals surface area (Å²) in [6, 6.07) is 10.3. The van der Waals surface area contributed by atoms with E-state index >= 15 is 0 Å². The first-order chi connectivity index (χ1) is 14.6. The molecule has 0 aliphatic rings. The molecule has 4 nitrogen and oxygen atoms in total. The van der Waals surface area contributed by atoms with Crippen molar-refractivity contribution in [2.45, 2.75) is 22.9 Å². The van der Waals surface area contributed by atoms with Gasteiger partial charge in [-0.3, -0.25) is 0 Å². The molecule has 3 rings (SSSR count). The van der Waals surface area contributed by atoms with Gasteiger partial charge in [0.15, 0.2) is 9.84 Å². The van der Waals surface area contributed by atoms with Crippen molar-refractivity contribution in [2.75, 3.05) is 6.26 Å². The Kier molecular flexibility index (Phi) is 5.84. The van der Waals surface area contributed by atoms with Crippen LogP contribution in [0.4, 0.5) is 30.7 Å². The van der Waals surface area contributed by atoms with Gasteiger partial charge in [-0.15, -0.1) is 0 Å². The maximum Gasteiger partial charge on any atom is 0.460 e. The molecule has 2 aromatic carbocycles. The molecule has 0 N–H and O–H groups in total. The number of nitrogens with zero attached hydrogens (tertiary/aromatic N) is 2. The van der Waals surface area contributed by atoms with Gasteiger partial charge in [0.05, 0.1) is 16.3 Å². The van der Waals surface area contributed by atoms with Crippen LogP contribution in [0.15, 0.2) is 59.5 Å². The second kappa shape index (κ2) is 7.77. The number of rotatable bonds is 5. The Morgan fingerprint density at radius 3 is 1.88 bits per heavy atom. The van der Waals surface area contributed by atoms with Crippen molar-refractivity contribution < 1.29 is 39.2 Å². The minimum atomic E-state index is -6.53. The van der Waals surface area contributed by atoms with Crippen LogP contribution in [0.2, 0.25) is 5.02 Å². The number of hydrogen-bond acceptors (Lipinski definition) is 3. The van der Waals surface area contributed by atoms with Gasteiger partial charge in [0.1, 0.15) is 5.69 Å². The van der Waals surface area contributed by atoms with Crippen LogP contribution in [-0.2, 0) is 15.8 Å². The van der Waals surface area contributed by atoms with Crippen LogP contribution in [0.1, 0.15) is 5.69 Å². The second-order valence-corrected chi connectivity index (χ2v) is 9.20. The first-order valence-electron chi connectivity index (χ1n) is 8.55. The highest BCUT2D eigenvalue weighted by Crippen LogP contribution is 2.52. The highest BCUT2D eigenvalue weighted by Gasteiger charge is 2.74. The maximum atomic E-state index is 14.3. The third-order valence-corrected chi connectivity index (χ3v) is 5.81. The van der Waals surface area contributed by atoms with Gasteiger partial charge in [0, 0.05) is 16.8 Å². The summed E-state index contributed by atoms with van der Waals surface area (Å²) in [4.78, 5) is -0.129. The molecule has 0 saturated carbocycles. The molecule has 0 aliphatic heterocycles. The first kappa shape index (κ1) is 24.1. The second-order valence-electron chi connectivity index (χ2n) is 6.75. The van der Waals surface area contributed by atoms with E-state index in [1.54, 1.807) is 0 Å². The summed E-state index contributed by atoms with van der Waals surface area (Å²) < 4.78 is 118. The van der Waals surface area contributed by atoms with Gasteiger partial charge in [-0.05, 0) is 42.5 Å². The van der Waals surface area contributed by atoms with Crippen LogP contribution in [0.3, 0.4) is 0 Å². The molecule has 1 aromatic heterocycles. The van der Waals surface area contributed by atoms with Crippen LogP contribution in [0.5, 0.6) is 0 Å². The third-order valence-electron chi connectivity index (χ3n) is 4.43. The standard InChI is InChI=1S/C19H12ClF7N2O2S/c1-32(30,31)14-8-6-13(7-9-14)29-15(11-2-4-12(20)5-3-11)10-16(28-29)17(21,22)18(23,24)19(25,26)27/h2-10H,1H3. The molecule has 0 unspecified atom stereocenters. The van der Waals surface area contributed by atoms with E-state index in [0.717, 1.165) is 30.5 Å². The van der Waals surface area contributed by atoms with Gasteiger partial charge in [0.25, 0.3) is 0 Å². The van der Waals surface area contributed by atoms with Crippen molar-refractivity contribution in [3.8, 4) is 16.9 Å². The van der Waals surface area contributed by atoms with Gasteiger partial charge in [-0.25, -0.2) is 13.1 Å². The molecular formula is C19H12ClF7N2O2S. The minimum absolute atomic E-state index is 0.0558. The maximum absolute atomic E-state index is 14.3. The van der Waals surface area contributed by atoms with Gasteiger partial charge >= 0.3 is 18.0 Å². The lowest BCUT2D eigenvalue weighted by atomic mass is 10.1. The van der Waals surface area contributed by atoms with Crippen LogP contribution in [0.25, 0.3) is 16.9 Å². The van der Waals surface area contributed by atoms with Gasteiger partial charge in [0.2, 0.25) is 0 Å². The predicted molar refractivity (Wildman–Crippen MR) is 102 cm³/mol. The largest absolute Gasteiger partial charge is 0.460 e. The van der Waals surface area contributed by atoms with E-state index in [1.165, 1.54) is 24.3 Å². The van der Waals surface area contributed by atoms with Crippen molar-refractivity contribution in [3.63, 3.8) is 0 Å². The first-order valence-corrected chi connectivity index (χ1v) is 10.8. The average Bonchev–Trinajstić information content (AvgIpc) is 3.13. The minimum Gasteiger partial charge on any atom is -0.233 e. The zero-order valence-electron chi connectivity index (χ0n) is 15.8. The van der Waals surface area contributed by atoms with E-state index in [0.29, 0.717) is 10.7 Å². The Morgan fingerprint density at radius 1 is 0.875 bits per heavy atom. The fourth-order valence-electron chi connectivity index (χ4n) is 2.73. The molecule has 0 atom stereocenters. The predicted octanol–water partition coefficient (Wildman–Crippen LogP) is 5.89. The molecule has 0 spiro atoms. The molecule has 0 aliphatic carbocycles. The van der Waals surface area contributed by atoms with Crippen LogP contribution >= 0.6 is 11.6 Å². The lowest BCUT2D eigenvalue weighted by molar-refractivity contribution is -0.360. The van der Waals surface area contributed by atoms with E-state index in [2.05, 4.69) is 5.10 Å². The van der Waals surface area contributed by atoms with E-state index in [-0.39, 0.29) is 26.9 Å². The Balaban J connectivity index is 2.22. The number of alkyl halides is 7. The van der Waals surface area contributed by atoms with E-state index in [9.17, 15) is 39.2 Å². The summed E-state index contributed by atoms with van der Waals surface area (Å²) in [6.07, 6.45) is -5.61. The van der Waals surface area contributed by atoms with Gasteiger partial charge < -0.3 is 0 Å². The quantitative estimate of drug-likeness (QED) is 0.411. The molecule has 1 heterocycles. The third kappa shape index (κ3) is 4.20. The number of hydrogen-bond donors (Lipinski definition) is 0. The molecule has 13 heteroatoms. The normalized spacial score (nSPS) is 13.4. The SMILES string of the molecule is CS(=O)(=O)c1ccc(-n2nc(C(F)(F)C(F)(F)C(F)(F)F)cc2-c2ccc(Cl)cc2)cc1. The monoisotopic (exact) mass is 500 g/mol.